The van der Waals surface area contributed by atoms with Gasteiger partial charge in [0.1, 0.15) is 0 Å². The number of nitrogens with one attached hydrogen (secondary N) is 2. The van der Waals surface area contributed by atoms with Crippen molar-refractivity contribution >= 4 is 23.3 Å². The Bertz CT molecular complexity index is 432. The van der Waals surface area contributed by atoms with Crippen LogP contribution in [-0.4, -0.2) is 12.1 Å². The van der Waals surface area contributed by atoms with Crippen molar-refractivity contribution in [1.29, 1.82) is 0 Å². The number of hydrogen-bond donors (Lipinski definition) is 2. The number of carbonyl (C=O) groups excluding carboxylic acids is 1. The molecule has 1 unspecified atom stereocenters. The van der Waals surface area contributed by atoms with Crippen molar-refractivity contribution in [3.05, 3.63) is 28.8 Å². The lowest BCUT2D eigenvalue weighted by atomic mass is 10.0. The summed E-state index contributed by atoms with van der Waals surface area (Å²) in [7, 11) is 0. The van der Waals surface area contributed by atoms with E-state index in [4.69, 9.17) is 11.6 Å². The van der Waals surface area contributed by atoms with E-state index >= 15 is 0 Å². The minimum Gasteiger partial charge on any atom is -0.335 e. The van der Waals surface area contributed by atoms with Crippen molar-refractivity contribution < 1.29 is 4.79 Å². The Labute approximate surface area is 120 Å². The van der Waals surface area contributed by atoms with Crippen molar-refractivity contribution in [1.82, 2.24) is 5.32 Å². The van der Waals surface area contributed by atoms with Gasteiger partial charge in [-0.15, -0.1) is 0 Å². The first kappa shape index (κ1) is 15.8. The summed E-state index contributed by atoms with van der Waals surface area (Å²) in [5.74, 6) is 0.658. The number of hydrogen-bond acceptors (Lipinski definition) is 1. The van der Waals surface area contributed by atoms with Gasteiger partial charge in [-0.1, -0.05) is 25.4 Å². The van der Waals surface area contributed by atoms with Crippen LogP contribution in [0.4, 0.5) is 10.5 Å². The summed E-state index contributed by atoms with van der Waals surface area (Å²) in [6.45, 7) is 8.31. The molecular formula is C15H23ClN2O. The lowest BCUT2D eigenvalue weighted by Crippen LogP contribution is -2.36. The van der Waals surface area contributed by atoms with E-state index in [2.05, 4.69) is 24.5 Å². The van der Waals surface area contributed by atoms with Gasteiger partial charge in [-0.25, -0.2) is 4.79 Å². The summed E-state index contributed by atoms with van der Waals surface area (Å²) in [5.41, 5.74) is 1.75. The Balaban J connectivity index is 2.46. The van der Waals surface area contributed by atoms with Crippen LogP contribution in [0.3, 0.4) is 0 Å². The van der Waals surface area contributed by atoms with Crippen molar-refractivity contribution in [2.45, 2.75) is 46.6 Å². The largest absolute Gasteiger partial charge is 0.335 e. The summed E-state index contributed by atoms with van der Waals surface area (Å²) in [5, 5.41) is 6.46. The molecule has 19 heavy (non-hydrogen) atoms. The molecule has 0 aliphatic heterocycles. The highest BCUT2D eigenvalue weighted by molar-refractivity contribution is 6.30. The van der Waals surface area contributed by atoms with Gasteiger partial charge < -0.3 is 10.6 Å². The normalized spacial score (nSPS) is 12.3. The third kappa shape index (κ3) is 5.97. The number of aryl methyl sites for hydroxylation is 1. The molecule has 0 aliphatic rings. The van der Waals surface area contributed by atoms with Gasteiger partial charge in [0.15, 0.2) is 0 Å². The zero-order chi connectivity index (χ0) is 14.4. The summed E-state index contributed by atoms with van der Waals surface area (Å²) in [4.78, 5) is 11.8. The molecule has 0 aliphatic carbocycles. The van der Waals surface area contributed by atoms with E-state index in [1.807, 2.05) is 26.0 Å². The van der Waals surface area contributed by atoms with Crippen molar-refractivity contribution in [3.8, 4) is 0 Å². The number of urea groups is 1. The Morgan fingerprint density at radius 3 is 2.53 bits per heavy atom. The Hall–Kier alpha value is -1.22. The fraction of sp³-hybridized carbons (Fsp3) is 0.533. The third-order valence-corrected chi connectivity index (χ3v) is 3.23. The number of amides is 2. The Kier molecular flexibility index (Phi) is 6.16. The molecule has 1 atom stereocenters. The van der Waals surface area contributed by atoms with Gasteiger partial charge in [-0.2, -0.15) is 0 Å². The maximum atomic E-state index is 11.8. The first-order valence-corrected chi connectivity index (χ1v) is 7.10. The van der Waals surface area contributed by atoms with Gasteiger partial charge in [0, 0.05) is 16.8 Å². The second-order valence-corrected chi connectivity index (χ2v) is 5.87. The summed E-state index contributed by atoms with van der Waals surface area (Å²) < 4.78 is 0. The molecule has 106 valence electrons. The van der Waals surface area contributed by atoms with Crippen LogP contribution in [0.15, 0.2) is 18.2 Å². The van der Waals surface area contributed by atoms with Crippen molar-refractivity contribution in [3.63, 3.8) is 0 Å². The highest BCUT2D eigenvalue weighted by Crippen LogP contribution is 2.19. The maximum Gasteiger partial charge on any atom is 0.319 e. The smallest absolute Gasteiger partial charge is 0.319 e. The van der Waals surface area contributed by atoms with Crippen molar-refractivity contribution in [2.24, 2.45) is 5.92 Å². The fourth-order valence-corrected chi connectivity index (χ4v) is 2.03. The average molecular weight is 283 g/mol. The zero-order valence-electron chi connectivity index (χ0n) is 12.1. The molecule has 0 aromatic heterocycles. The fourth-order valence-electron chi connectivity index (χ4n) is 1.81. The SMILES string of the molecule is Cc1cc(Cl)ccc1NC(=O)NC(C)CCC(C)C. The van der Waals surface area contributed by atoms with E-state index in [1.165, 1.54) is 0 Å². The molecule has 3 nitrogen and oxygen atoms in total. The molecule has 1 rings (SSSR count). The predicted molar refractivity (Wildman–Crippen MR) is 81.9 cm³/mol. The number of anilines is 1. The van der Waals surface area contributed by atoms with Crippen molar-refractivity contribution in [2.75, 3.05) is 5.32 Å². The highest BCUT2D eigenvalue weighted by Gasteiger charge is 2.09. The molecule has 0 saturated heterocycles. The average Bonchev–Trinajstić information content (AvgIpc) is 2.30. The molecule has 0 bridgehead atoms. The Morgan fingerprint density at radius 2 is 1.95 bits per heavy atom. The van der Waals surface area contributed by atoms with Crippen LogP contribution in [0, 0.1) is 12.8 Å². The first-order valence-electron chi connectivity index (χ1n) is 6.72. The van der Waals surface area contributed by atoms with E-state index in [0.29, 0.717) is 10.9 Å². The lowest BCUT2D eigenvalue weighted by Gasteiger charge is -2.16. The highest BCUT2D eigenvalue weighted by atomic mass is 35.5. The minimum absolute atomic E-state index is 0.165. The van der Waals surface area contributed by atoms with Crippen LogP contribution < -0.4 is 10.6 Å². The van der Waals surface area contributed by atoms with Crippen LogP contribution >= 0.6 is 11.6 Å². The van der Waals surface area contributed by atoms with Crippen LogP contribution in [0.25, 0.3) is 0 Å². The second kappa shape index (κ2) is 7.39. The maximum absolute atomic E-state index is 11.8. The molecule has 0 spiro atoms. The van der Waals surface area contributed by atoms with Gasteiger partial charge in [0.25, 0.3) is 0 Å². The molecule has 1 aromatic carbocycles. The van der Waals surface area contributed by atoms with E-state index in [-0.39, 0.29) is 12.1 Å². The van der Waals surface area contributed by atoms with Gasteiger partial charge in [0.05, 0.1) is 0 Å². The topological polar surface area (TPSA) is 41.1 Å². The van der Waals surface area contributed by atoms with Crippen LogP contribution in [0.1, 0.15) is 39.2 Å². The first-order chi connectivity index (χ1) is 8.88. The molecular weight excluding hydrogens is 260 g/mol. The van der Waals surface area contributed by atoms with Gasteiger partial charge >= 0.3 is 6.03 Å². The summed E-state index contributed by atoms with van der Waals surface area (Å²) >= 11 is 5.88. The van der Waals surface area contributed by atoms with Crippen LogP contribution in [0.2, 0.25) is 5.02 Å². The van der Waals surface area contributed by atoms with Crippen LogP contribution in [-0.2, 0) is 0 Å². The monoisotopic (exact) mass is 282 g/mol. The quantitative estimate of drug-likeness (QED) is 0.814. The number of benzene rings is 1. The van der Waals surface area contributed by atoms with Gasteiger partial charge in [-0.3, -0.25) is 0 Å². The zero-order valence-corrected chi connectivity index (χ0v) is 12.8. The standard InChI is InChI=1S/C15H23ClN2O/c1-10(2)5-6-12(4)17-15(19)18-14-8-7-13(16)9-11(14)3/h7-10,12H,5-6H2,1-4H3,(H2,17,18,19). The number of halogens is 1. The van der Waals surface area contributed by atoms with Gasteiger partial charge in [0.2, 0.25) is 0 Å². The summed E-state index contributed by atoms with van der Waals surface area (Å²) in [6, 6.07) is 5.43. The molecule has 4 heteroatoms. The van der Waals surface area contributed by atoms with E-state index in [9.17, 15) is 4.79 Å². The predicted octanol–water partition coefficient (Wildman–Crippen LogP) is 4.59. The second-order valence-electron chi connectivity index (χ2n) is 5.43. The molecule has 0 radical (unpaired) electrons. The minimum atomic E-state index is -0.165. The Morgan fingerprint density at radius 1 is 1.26 bits per heavy atom. The van der Waals surface area contributed by atoms with E-state index in [1.54, 1.807) is 6.07 Å². The number of rotatable bonds is 5. The lowest BCUT2D eigenvalue weighted by molar-refractivity contribution is 0.248. The molecule has 2 N–H and O–H groups in total. The van der Waals surface area contributed by atoms with Gasteiger partial charge in [-0.05, 0) is 56.4 Å². The van der Waals surface area contributed by atoms with E-state index < -0.39 is 0 Å². The molecule has 0 heterocycles. The van der Waals surface area contributed by atoms with Crippen LogP contribution in [0.5, 0.6) is 0 Å². The number of carbonyl (C=O) groups is 1. The molecule has 0 saturated carbocycles. The molecule has 2 amide bonds. The van der Waals surface area contributed by atoms with E-state index in [0.717, 1.165) is 24.1 Å². The third-order valence-electron chi connectivity index (χ3n) is 2.99. The molecule has 1 aromatic rings. The molecule has 0 fully saturated rings. The summed E-state index contributed by atoms with van der Waals surface area (Å²) in [6.07, 6.45) is 2.10.